The molecule has 0 aliphatic carbocycles. The minimum Gasteiger partial charge on any atom is -0.376 e. The first-order valence-corrected chi connectivity index (χ1v) is 9.28. The van der Waals surface area contributed by atoms with Gasteiger partial charge in [0.25, 0.3) is 0 Å². The number of aromatic amines is 1. The molecule has 1 fully saturated rings. The second kappa shape index (κ2) is 7.28. The molecule has 25 heavy (non-hydrogen) atoms. The second-order valence-corrected chi connectivity index (χ2v) is 6.88. The van der Waals surface area contributed by atoms with Crippen LogP contribution in [0.3, 0.4) is 0 Å². The highest BCUT2D eigenvalue weighted by atomic mass is 32.2. The van der Waals surface area contributed by atoms with Gasteiger partial charge >= 0.3 is 5.69 Å². The van der Waals surface area contributed by atoms with Gasteiger partial charge in [0, 0.05) is 18.6 Å². The molecule has 1 saturated heterocycles. The van der Waals surface area contributed by atoms with E-state index in [0.29, 0.717) is 17.5 Å². The van der Waals surface area contributed by atoms with Crippen LogP contribution in [-0.4, -0.2) is 37.3 Å². The standard InChI is InChI=1S/C17H19N5O2S/c23-16-18-19-17(21(16)11-15-7-4-10-24-15)25-12-13-8-9-22(20-13)14-5-2-1-3-6-14/h1-3,5-6,8-9,15H,4,7,10-12H2,(H,18,23). The summed E-state index contributed by atoms with van der Waals surface area (Å²) in [6, 6.07) is 12.0. The minimum atomic E-state index is -0.187. The summed E-state index contributed by atoms with van der Waals surface area (Å²) in [5.74, 6) is 0.648. The van der Waals surface area contributed by atoms with E-state index >= 15 is 0 Å². The predicted octanol–water partition coefficient (Wildman–Crippen LogP) is 2.23. The molecule has 0 radical (unpaired) electrons. The van der Waals surface area contributed by atoms with Crippen LogP contribution < -0.4 is 5.69 Å². The zero-order valence-electron chi connectivity index (χ0n) is 13.7. The molecule has 0 spiro atoms. The highest BCUT2D eigenvalue weighted by Gasteiger charge is 2.19. The monoisotopic (exact) mass is 357 g/mol. The SMILES string of the molecule is O=c1[nH]nc(SCc2ccn(-c3ccccc3)n2)n1CC1CCCO1. The van der Waals surface area contributed by atoms with E-state index in [2.05, 4.69) is 15.3 Å². The van der Waals surface area contributed by atoms with Crippen molar-refractivity contribution in [2.45, 2.75) is 36.4 Å². The maximum absolute atomic E-state index is 12.0. The lowest BCUT2D eigenvalue weighted by molar-refractivity contribution is 0.0941. The van der Waals surface area contributed by atoms with Crippen LogP contribution in [0, 0.1) is 0 Å². The summed E-state index contributed by atoms with van der Waals surface area (Å²) in [4.78, 5) is 12.0. The van der Waals surface area contributed by atoms with Crippen LogP contribution in [0.15, 0.2) is 52.5 Å². The molecule has 0 bridgehead atoms. The lowest BCUT2D eigenvalue weighted by Gasteiger charge is -2.10. The number of hydrogen-bond acceptors (Lipinski definition) is 5. The molecule has 1 unspecified atom stereocenters. The molecule has 0 amide bonds. The van der Waals surface area contributed by atoms with Crippen LogP contribution in [0.5, 0.6) is 0 Å². The molecule has 1 aliphatic rings. The fourth-order valence-electron chi connectivity index (χ4n) is 2.87. The Morgan fingerprint density at radius 3 is 2.96 bits per heavy atom. The zero-order valence-corrected chi connectivity index (χ0v) is 14.5. The van der Waals surface area contributed by atoms with E-state index in [1.54, 1.807) is 4.57 Å². The third-order valence-corrected chi connectivity index (χ3v) is 5.16. The number of H-pyrrole nitrogens is 1. The van der Waals surface area contributed by atoms with Gasteiger partial charge in [0.15, 0.2) is 5.16 Å². The van der Waals surface area contributed by atoms with Gasteiger partial charge in [-0.2, -0.15) is 5.10 Å². The first-order valence-electron chi connectivity index (χ1n) is 8.29. The Kier molecular flexibility index (Phi) is 4.71. The summed E-state index contributed by atoms with van der Waals surface area (Å²) in [7, 11) is 0. The van der Waals surface area contributed by atoms with Gasteiger partial charge in [-0.1, -0.05) is 30.0 Å². The van der Waals surface area contributed by atoms with Gasteiger partial charge in [0.1, 0.15) is 0 Å². The Bertz CT molecular complexity index is 880. The van der Waals surface area contributed by atoms with Gasteiger partial charge in [0.2, 0.25) is 0 Å². The highest BCUT2D eigenvalue weighted by molar-refractivity contribution is 7.98. The van der Waals surface area contributed by atoms with Crippen LogP contribution in [0.25, 0.3) is 5.69 Å². The van der Waals surface area contributed by atoms with Crippen LogP contribution in [0.2, 0.25) is 0 Å². The summed E-state index contributed by atoms with van der Waals surface area (Å²) < 4.78 is 9.13. The number of rotatable bonds is 6. The van der Waals surface area contributed by atoms with E-state index < -0.39 is 0 Å². The van der Waals surface area contributed by atoms with Crippen molar-refractivity contribution in [1.29, 1.82) is 0 Å². The fourth-order valence-corrected chi connectivity index (χ4v) is 3.72. The van der Waals surface area contributed by atoms with Gasteiger partial charge < -0.3 is 4.74 Å². The molecule has 1 aliphatic heterocycles. The Hall–Kier alpha value is -2.32. The summed E-state index contributed by atoms with van der Waals surface area (Å²) in [6.07, 6.45) is 4.08. The van der Waals surface area contributed by atoms with Gasteiger partial charge in [-0.3, -0.25) is 4.57 Å². The van der Waals surface area contributed by atoms with E-state index in [1.165, 1.54) is 11.8 Å². The van der Waals surface area contributed by atoms with E-state index in [-0.39, 0.29) is 11.8 Å². The van der Waals surface area contributed by atoms with Crippen molar-refractivity contribution in [3.05, 3.63) is 58.8 Å². The van der Waals surface area contributed by atoms with Crippen LogP contribution in [0.4, 0.5) is 0 Å². The van der Waals surface area contributed by atoms with E-state index in [1.807, 2.05) is 47.3 Å². The van der Waals surface area contributed by atoms with Gasteiger partial charge in [-0.15, -0.1) is 5.10 Å². The molecule has 7 nitrogen and oxygen atoms in total. The molecule has 2 aromatic heterocycles. The van der Waals surface area contributed by atoms with Crippen LogP contribution in [-0.2, 0) is 17.0 Å². The normalized spacial score (nSPS) is 17.2. The molecular formula is C17H19N5O2S. The molecule has 8 heteroatoms. The number of ether oxygens (including phenoxy) is 1. The number of aromatic nitrogens is 5. The smallest absolute Gasteiger partial charge is 0.344 e. The van der Waals surface area contributed by atoms with E-state index in [0.717, 1.165) is 30.8 Å². The number of para-hydroxylation sites is 1. The molecular weight excluding hydrogens is 338 g/mol. The quantitative estimate of drug-likeness (QED) is 0.685. The topological polar surface area (TPSA) is 77.7 Å². The number of nitrogens with zero attached hydrogens (tertiary/aromatic N) is 4. The molecule has 3 heterocycles. The van der Waals surface area contributed by atoms with Gasteiger partial charge in [-0.05, 0) is 31.0 Å². The van der Waals surface area contributed by atoms with Crippen LogP contribution in [0.1, 0.15) is 18.5 Å². The number of nitrogens with one attached hydrogen (secondary N) is 1. The lowest BCUT2D eigenvalue weighted by Crippen LogP contribution is -2.24. The summed E-state index contributed by atoms with van der Waals surface area (Å²) in [6.45, 7) is 1.33. The van der Waals surface area contributed by atoms with Crippen molar-refractivity contribution in [3.63, 3.8) is 0 Å². The fraction of sp³-hybridized carbons (Fsp3) is 0.353. The molecule has 4 rings (SSSR count). The van der Waals surface area contributed by atoms with Crippen LogP contribution >= 0.6 is 11.8 Å². The molecule has 130 valence electrons. The number of hydrogen-bond donors (Lipinski definition) is 1. The highest BCUT2D eigenvalue weighted by Crippen LogP contribution is 2.21. The molecule has 1 aromatic carbocycles. The average Bonchev–Trinajstić information content (AvgIpc) is 3.38. The van der Waals surface area contributed by atoms with Gasteiger partial charge in [-0.25, -0.2) is 14.6 Å². The molecule has 1 atom stereocenters. The van der Waals surface area contributed by atoms with Crippen molar-refractivity contribution < 1.29 is 4.74 Å². The largest absolute Gasteiger partial charge is 0.376 e. The maximum Gasteiger partial charge on any atom is 0.344 e. The van der Waals surface area contributed by atoms with Crippen molar-refractivity contribution >= 4 is 11.8 Å². The third kappa shape index (κ3) is 3.69. The zero-order chi connectivity index (χ0) is 17.1. The Labute approximate surface area is 149 Å². The summed E-state index contributed by atoms with van der Waals surface area (Å²) in [5, 5.41) is 11.9. The van der Waals surface area contributed by atoms with Crippen molar-refractivity contribution in [3.8, 4) is 5.69 Å². The Morgan fingerprint density at radius 2 is 2.16 bits per heavy atom. The summed E-state index contributed by atoms with van der Waals surface area (Å²) in [5.41, 5.74) is 1.77. The van der Waals surface area contributed by atoms with Crippen molar-refractivity contribution in [1.82, 2.24) is 24.5 Å². The number of thioether (sulfide) groups is 1. The van der Waals surface area contributed by atoms with Crippen molar-refractivity contribution in [2.24, 2.45) is 0 Å². The number of benzene rings is 1. The lowest BCUT2D eigenvalue weighted by atomic mass is 10.2. The van der Waals surface area contributed by atoms with Gasteiger partial charge in [0.05, 0.1) is 24.0 Å². The second-order valence-electron chi connectivity index (χ2n) is 5.93. The average molecular weight is 357 g/mol. The molecule has 3 aromatic rings. The third-order valence-electron chi connectivity index (χ3n) is 4.15. The Morgan fingerprint density at radius 1 is 1.28 bits per heavy atom. The first kappa shape index (κ1) is 16.2. The van der Waals surface area contributed by atoms with Crippen molar-refractivity contribution in [2.75, 3.05) is 6.61 Å². The Balaban J connectivity index is 1.43. The molecule has 0 saturated carbocycles. The summed E-state index contributed by atoms with van der Waals surface area (Å²) >= 11 is 1.50. The predicted molar refractivity (Wildman–Crippen MR) is 94.9 cm³/mol. The van der Waals surface area contributed by atoms with E-state index in [4.69, 9.17) is 4.74 Å². The minimum absolute atomic E-state index is 0.104. The molecule has 1 N–H and O–H groups in total. The maximum atomic E-state index is 12.0. The first-order chi connectivity index (χ1) is 12.3. The van der Waals surface area contributed by atoms with E-state index in [9.17, 15) is 4.79 Å².